The van der Waals surface area contributed by atoms with Gasteiger partial charge < -0.3 is 9.84 Å². The van der Waals surface area contributed by atoms with Gasteiger partial charge in [-0.05, 0) is 12.0 Å². The number of allylic oxidation sites excluding steroid dienone is 1. The lowest BCUT2D eigenvalue weighted by molar-refractivity contribution is -0.140. The lowest BCUT2D eigenvalue weighted by Gasteiger charge is -2.22. The lowest BCUT2D eigenvalue weighted by Crippen LogP contribution is -2.24. The number of methoxy groups -OCH3 is 1. The summed E-state index contributed by atoms with van der Waals surface area (Å²) in [6.07, 6.45) is 2.36. The SMILES string of the molecule is C=CC[C@H](COC)[C@H](C(=O)O)c1ccccc1. The van der Waals surface area contributed by atoms with Crippen LogP contribution in [0.15, 0.2) is 43.0 Å². The summed E-state index contributed by atoms with van der Waals surface area (Å²) < 4.78 is 5.10. The average Bonchev–Trinajstić information content (AvgIpc) is 2.31. The molecule has 1 aromatic rings. The average molecular weight is 234 g/mol. The Morgan fingerprint density at radius 2 is 2.12 bits per heavy atom. The molecule has 0 bridgehead atoms. The topological polar surface area (TPSA) is 46.5 Å². The molecule has 1 rings (SSSR count). The maximum absolute atomic E-state index is 11.4. The van der Waals surface area contributed by atoms with Gasteiger partial charge in [0, 0.05) is 13.0 Å². The maximum Gasteiger partial charge on any atom is 0.311 e. The van der Waals surface area contributed by atoms with Crippen LogP contribution in [-0.2, 0) is 9.53 Å². The van der Waals surface area contributed by atoms with Crippen LogP contribution >= 0.6 is 0 Å². The minimum Gasteiger partial charge on any atom is -0.481 e. The van der Waals surface area contributed by atoms with E-state index in [1.165, 1.54) is 0 Å². The van der Waals surface area contributed by atoms with Crippen LogP contribution in [0.25, 0.3) is 0 Å². The van der Waals surface area contributed by atoms with E-state index in [0.29, 0.717) is 13.0 Å². The van der Waals surface area contributed by atoms with Gasteiger partial charge in [0.15, 0.2) is 0 Å². The highest BCUT2D eigenvalue weighted by atomic mass is 16.5. The van der Waals surface area contributed by atoms with E-state index in [1.807, 2.05) is 30.3 Å². The van der Waals surface area contributed by atoms with Crippen LogP contribution < -0.4 is 0 Å². The zero-order valence-electron chi connectivity index (χ0n) is 10.0. The van der Waals surface area contributed by atoms with Crippen molar-refractivity contribution in [3.05, 3.63) is 48.6 Å². The second-order valence-electron chi connectivity index (χ2n) is 3.97. The summed E-state index contributed by atoms with van der Waals surface area (Å²) in [6.45, 7) is 4.08. The Kier molecular flexibility index (Phi) is 5.43. The fourth-order valence-corrected chi connectivity index (χ4v) is 2.01. The summed E-state index contributed by atoms with van der Waals surface area (Å²) in [4.78, 5) is 11.4. The first-order valence-corrected chi connectivity index (χ1v) is 5.58. The number of aliphatic carboxylic acids is 1. The molecule has 1 aromatic carbocycles. The normalized spacial score (nSPS) is 13.9. The third kappa shape index (κ3) is 3.71. The minimum atomic E-state index is -0.819. The van der Waals surface area contributed by atoms with Crippen molar-refractivity contribution in [2.45, 2.75) is 12.3 Å². The van der Waals surface area contributed by atoms with E-state index in [4.69, 9.17) is 4.74 Å². The molecule has 3 nitrogen and oxygen atoms in total. The minimum absolute atomic E-state index is 0.0857. The van der Waals surface area contributed by atoms with Crippen molar-refractivity contribution in [2.24, 2.45) is 5.92 Å². The summed E-state index contributed by atoms with van der Waals surface area (Å²) in [5, 5.41) is 9.36. The van der Waals surface area contributed by atoms with E-state index >= 15 is 0 Å². The number of carboxylic acid groups (broad SMARTS) is 1. The van der Waals surface area contributed by atoms with Crippen LogP contribution in [0.4, 0.5) is 0 Å². The molecule has 0 radical (unpaired) electrons. The molecule has 0 saturated heterocycles. The molecule has 2 atom stereocenters. The first-order chi connectivity index (χ1) is 8.20. The highest BCUT2D eigenvalue weighted by Crippen LogP contribution is 2.28. The van der Waals surface area contributed by atoms with E-state index < -0.39 is 11.9 Å². The summed E-state index contributed by atoms with van der Waals surface area (Å²) >= 11 is 0. The number of rotatable bonds is 7. The second-order valence-corrected chi connectivity index (χ2v) is 3.97. The van der Waals surface area contributed by atoms with Crippen LogP contribution in [0.1, 0.15) is 17.9 Å². The van der Waals surface area contributed by atoms with Gasteiger partial charge in [-0.25, -0.2) is 0 Å². The van der Waals surface area contributed by atoms with E-state index in [-0.39, 0.29) is 5.92 Å². The Hall–Kier alpha value is -1.61. The molecule has 0 aliphatic heterocycles. The number of benzene rings is 1. The van der Waals surface area contributed by atoms with Crippen molar-refractivity contribution >= 4 is 5.97 Å². The van der Waals surface area contributed by atoms with Gasteiger partial charge in [-0.2, -0.15) is 0 Å². The maximum atomic E-state index is 11.4. The molecule has 0 heterocycles. The number of ether oxygens (including phenoxy) is 1. The largest absolute Gasteiger partial charge is 0.481 e. The van der Waals surface area contributed by atoms with E-state index in [0.717, 1.165) is 5.56 Å². The van der Waals surface area contributed by atoms with E-state index in [2.05, 4.69) is 6.58 Å². The van der Waals surface area contributed by atoms with Gasteiger partial charge in [-0.15, -0.1) is 6.58 Å². The Bertz CT molecular complexity index is 359. The molecule has 1 N–H and O–H groups in total. The zero-order valence-corrected chi connectivity index (χ0v) is 10.0. The molecule has 0 aliphatic carbocycles. The second kappa shape index (κ2) is 6.86. The molecule has 3 heteroatoms. The summed E-state index contributed by atoms with van der Waals surface area (Å²) in [5.41, 5.74) is 0.809. The van der Waals surface area contributed by atoms with Gasteiger partial charge in [-0.1, -0.05) is 36.4 Å². The molecule has 0 aliphatic rings. The monoisotopic (exact) mass is 234 g/mol. The first kappa shape index (κ1) is 13.5. The van der Waals surface area contributed by atoms with Gasteiger partial charge in [0.1, 0.15) is 0 Å². The van der Waals surface area contributed by atoms with Gasteiger partial charge in [0.2, 0.25) is 0 Å². The van der Waals surface area contributed by atoms with Gasteiger partial charge in [0.05, 0.1) is 12.5 Å². The number of hydrogen-bond acceptors (Lipinski definition) is 2. The summed E-state index contributed by atoms with van der Waals surface area (Å²) in [7, 11) is 1.58. The molecular weight excluding hydrogens is 216 g/mol. The smallest absolute Gasteiger partial charge is 0.311 e. The standard InChI is InChI=1S/C14H18O3/c1-3-7-12(10-17-2)13(14(15)16)11-8-5-4-6-9-11/h3-6,8-9,12-13H,1,7,10H2,2H3,(H,15,16)/t12-,13-/m1/s1. The highest BCUT2D eigenvalue weighted by molar-refractivity contribution is 5.76. The first-order valence-electron chi connectivity index (χ1n) is 5.58. The summed E-state index contributed by atoms with van der Waals surface area (Å²) in [6, 6.07) is 9.25. The van der Waals surface area contributed by atoms with E-state index in [1.54, 1.807) is 13.2 Å². The van der Waals surface area contributed by atoms with Crippen LogP contribution in [0.3, 0.4) is 0 Å². The van der Waals surface area contributed by atoms with Gasteiger partial charge in [0.25, 0.3) is 0 Å². The molecule has 0 spiro atoms. The lowest BCUT2D eigenvalue weighted by atomic mass is 9.84. The third-order valence-electron chi connectivity index (χ3n) is 2.75. The Morgan fingerprint density at radius 1 is 1.47 bits per heavy atom. The number of carbonyl (C=O) groups is 1. The van der Waals surface area contributed by atoms with Crippen LogP contribution in [0, 0.1) is 5.92 Å². The summed E-state index contributed by atoms with van der Waals surface area (Å²) in [5.74, 6) is -1.45. The van der Waals surface area contributed by atoms with Crippen molar-refractivity contribution in [3.63, 3.8) is 0 Å². The Morgan fingerprint density at radius 3 is 2.59 bits per heavy atom. The Labute approximate surface area is 102 Å². The molecule has 92 valence electrons. The molecule has 0 aromatic heterocycles. The van der Waals surface area contributed by atoms with Crippen molar-refractivity contribution < 1.29 is 14.6 Å². The molecule has 0 fully saturated rings. The molecule has 0 unspecified atom stereocenters. The molecule has 17 heavy (non-hydrogen) atoms. The third-order valence-corrected chi connectivity index (χ3v) is 2.75. The molecular formula is C14H18O3. The van der Waals surface area contributed by atoms with E-state index in [9.17, 15) is 9.90 Å². The fraction of sp³-hybridized carbons (Fsp3) is 0.357. The van der Waals surface area contributed by atoms with Gasteiger partial charge >= 0.3 is 5.97 Å². The number of carboxylic acids is 1. The quantitative estimate of drug-likeness (QED) is 0.738. The van der Waals surface area contributed by atoms with Crippen molar-refractivity contribution in [3.8, 4) is 0 Å². The van der Waals surface area contributed by atoms with Crippen molar-refractivity contribution in [2.75, 3.05) is 13.7 Å². The van der Waals surface area contributed by atoms with Crippen molar-refractivity contribution in [1.82, 2.24) is 0 Å². The highest BCUT2D eigenvalue weighted by Gasteiger charge is 2.28. The Balaban J connectivity index is 2.98. The fourth-order valence-electron chi connectivity index (χ4n) is 2.01. The molecule has 0 amide bonds. The van der Waals surface area contributed by atoms with Crippen molar-refractivity contribution in [1.29, 1.82) is 0 Å². The predicted molar refractivity (Wildman–Crippen MR) is 67.0 cm³/mol. The molecule has 0 saturated carbocycles. The van der Waals surface area contributed by atoms with Crippen LogP contribution in [0.2, 0.25) is 0 Å². The van der Waals surface area contributed by atoms with Crippen LogP contribution in [-0.4, -0.2) is 24.8 Å². The number of hydrogen-bond donors (Lipinski definition) is 1. The zero-order chi connectivity index (χ0) is 12.7. The predicted octanol–water partition coefficient (Wildman–Crippen LogP) is 2.69. The van der Waals surface area contributed by atoms with Crippen LogP contribution in [0.5, 0.6) is 0 Å². The van der Waals surface area contributed by atoms with Gasteiger partial charge in [-0.3, -0.25) is 4.79 Å².